The standard InChI is InChI=1S/C19H17Cl2F4N3O2/c20-13-4-7-26-9-11(13)16(18(30)5-1-10(22)2-6-18)28-17(29)15-14(21)12(3-8-27-15)19(23,24)25/h3-4,7-10,16,30H,1-2,5-6H2,(H,28,29). The van der Waals surface area contributed by atoms with Gasteiger partial charge in [-0.05, 0) is 37.8 Å². The third-order valence-electron chi connectivity index (χ3n) is 5.11. The molecule has 1 amide bonds. The zero-order valence-electron chi connectivity index (χ0n) is 15.4. The fourth-order valence-corrected chi connectivity index (χ4v) is 4.01. The van der Waals surface area contributed by atoms with E-state index >= 15 is 0 Å². The third kappa shape index (κ3) is 4.68. The molecule has 5 nitrogen and oxygen atoms in total. The number of hydrogen-bond acceptors (Lipinski definition) is 4. The van der Waals surface area contributed by atoms with Gasteiger partial charge in [-0.1, -0.05) is 23.2 Å². The lowest BCUT2D eigenvalue weighted by molar-refractivity contribution is -0.137. The minimum Gasteiger partial charge on any atom is -0.387 e. The first-order valence-electron chi connectivity index (χ1n) is 9.01. The van der Waals surface area contributed by atoms with Gasteiger partial charge in [0.25, 0.3) is 5.91 Å². The molecule has 1 fully saturated rings. The second-order valence-electron chi connectivity index (χ2n) is 7.10. The molecule has 0 spiro atoms. The summed E-state index contributed by atoms with van der Waals surface area (Å²) in [5.41, 5.74) is -3.20. The molecular formula is C19H17Cl2F4N3O2. The maximum atomic E-state index is 13.6. The molecule has 0 aliphatic heterocycles. The van der Waals surface area contributed by atoms with Gasteiger partial charge in [0.1, 0.15) is 11.9 Å². The molecule has 1 saturated carbocycles. The first-order chi connectivity index (χ1) is 14.0. The average molecular weight is 466 g/mol. The zero-order chi connectivity index (χ0) is 22.1. The number of rotatable bonds is 4. The molecule has 0 aromatic carbocycles. The molecular weight excluding hydrogens is 449 g/mol. The van der Waals surface area contributed by atoms with Crippen molar-refractivity contribution in [3.8, 4) is 0 Å². The van der Waals surface area contributed by atoms with Crippen molar-refractivity contribution in [2.24, 2.45) is 0 Å². The van der Waals surface area contributed by atoms with Crippen LogP contribution in [0, 0.1) is 0 Å². The summed E-state index contributed by atoms with van der Waals surface area (Å²) in [6.45, 7) is 0. The van der Waals surface area contributed by atoms with Gasteiger partial charge in [0.05, 0.1) is 22.2 Å². The van der Waals surface area contributed by atoms with Crippen molar-refractivity contribution < 1.29 is 27.5 Å². The van der Waals surface area contributed by atoms with Crippen LogP contribution in [0.15, 0.2) is 30.7 Å². The van der Waals surface area contributed by atoms with Crippen molar-refractivity contribution in [2.75, 3.05) is 0 Å². The lowest BCUT2D eigenvalue weighted by Gasteiger charge is -2.40. The molecule has 2 N–H and O–H groups in total. The number of alkyl halides is 4. The van der Waals surface area contributed by atoms with Crippen LogP contribution in [0.1, 0.15) is 53.3 Å². The quantitative estimate of drug-likeness (QED) is 0.628. The Bertz CT molecular complexity index is 934. The maximum Gasteiger partial charge on any atom is 0.417 e. The Kier molecular flexibility index (Phi) is 6.54. The Balaban J connectivity index is 1.98. The molecule has 162 valence electrons. The van der Waals surface area contributed by atoms with Crippen molar-refractivity contribution in [2.45, 2.75) is 49.7 Å². The van der Waals surface area contributed by atoms with Crippen LogP contribution in [0.2, 0.25) is 10.0 Å². The Morgan fingerprint density at radius 2 is 1.90 bits per heavy atom. The monoisotopic (exact) mass is 465 g/mol. The number of pyridine rings is 2. The van der Waals surface area contributed by atoms with Gasteiger partial charge >= 0.3 is 6.18 Å². The molecule has 1 atom stereocenters. The number of halogens is 6. The fraction of sp³-hybridized carbons (Fsp3) is 0.421. The molecule has 1 aliphatic rings. The molecule has 0 bridgehead atoms. The van der Waals surface area contributed by atoms with Crippen LogP contribution in [-0.4, -0.2) is 32.8 Å². The smallest absolute Gasteiger partial charge is 0.387 e. The first-order valence-corrected chi connectivity index (χ1v) is 9.77. The molecule has 11 heteroatoms. The van der Waals surface area contributed by atoms with Crippen molar-refractivity contribution in [1.82, 2.24) is 15.3 Å². The van der Waals surface area contributed by atoms with Crippen LogP contribution in [0.3, 0.4) is 0 Å². The van der Waals surface area contributed by atoms with Crippen LogP contribution >= 0.6 is 23.2 Å². The SMILES string of the molecule is O=C(NC(c1cnccc1Cl)C1(O)CCC(F)CC1)c1nccc(C(F)(F)F)c1Cl. The van der Waals surface area contributed by atoms with Gasteiger partial charge < -0.3 is 10.4 Å². The van der Waals surface area contributed by atoms with Gasteiger partial charge in [0.2, 0.25) is 0 Å². The highest BCUT2D eigenvalue weighted by Gasteiger charge is 2.44. The minimum absolute atomic E-state index is 0.00802. The van der Waals surface area contributed by atoms with Crippen LogP contribution in [-0.2, 0) is 6.18 Å². The van der Waals surface area contributed by atoms with Crippen molar-refractivity contribution >= 4 is 29.1 Å². The Labute approximate surface area is 179 Å². The van der Waals surface area contributed by atoms with Gasteiger partial charge in [-0.2, -0.15) is 13.2 Å². The highest BCUT2D eigenvalue weighted by molar-refractivity contribution is 6.34. The minimum atomic E-state index is -4.78. The highest BCUT2D eigenvalue weighted by atomic mass is 35.5. The van der Waals surface area contributed by atoms with Gasteiger partial charge in [-0.3, -0.25) is 9.78 Å². The van der Waals surface area contributed by atoms with E-state index in [1.54, 1.807) is 0 Å². The molecule has 1 unspecified atom stereocenters. The van der Waals surface area contributed by atoms with E-state index in [4.69, 9.17) is 23.2 Å². The largest absolute Gasteiger partial charge is 0.417 e. The average Bonchev–Trinajstić information content (AvgIpc) is 2.68. The van der Waals surface area contributed by atoms with Crippen LogP contribution in [0.25, 0.3) is 0 Å². The third-order valence-corrected chi connectivity index (χ3v) is 5.84. The number of nitrogens with one attached hydrogen (secondary N) is 1. The van der Waals surface area contributed by atoms with Gasteiger partial charge in [-0.25, -0.2) is 9.37 Å². The molecule has 2 aromatic rings. The van der Waals surface area contributed by atoms with Gasteiger partial charge in [0.15, 0.2) is 0 Å². The van der Waals surface area contributed by atoms with E-state index in [0.29, 0.717) is 6.07 Å². The lowest BCUT2D eigenvalue weighted by Crippen LogP contribution is -2.49. The van der Waals surface area contributed by atoms with E-state index in [9.17, 15) is 27.5 Å². The summed E-state index contributed by atoms with van der Waals surface area (Å²) in [6.07, 6.45) is -2.19. The van der Waals surface area contributed by atoms with Crippen molar-refractivity contribution in [3.63, 3.8) is 0 Å². The van der Waals surface area contributed by atoms with Crippen molar-refractivity contribution in [1.29, 1.82) is 0 Å². The van der Waals surface area contributed by atoms with Gasteiger partial charge in [0, 0.05) is 29.2 Å². The summed E-state index contributed by atoms with van der Waals surface area (Å²) in [5.74, 6) is -1.04. The summed E-state index contributed by atoms with van der Waals surface area (Å²) in [7, 11) is 0. The molecule has 1 aliphatic carbocycles. The zero-order valence-corrected chi connectivity index (χ0v) is 16.9. The number of carbonyl (C=O) groups is 1. The predicted octanol–water partition coefficient (Wildman–Crippen LogP) is 4.92. The van der Waals surface area contributed by atoms with E-state index in [2.05, 4.69) is 15.3 Å². The Morgan fingerprint density at radius 3 is 2.50 bits per heavy atom. The van der Waals surface area contributed by atoms with Crippen LogP contribution in [0.4, 0.5) is 17.6 Å². The number of aromatic nitrogens is 2. The van der Waals surface area contributed by atoms with Crippen molar-refractivity contribution in [3.05, 3.63) is 57.6 Å². The summed E-state index contributed by atoms with van der Waals surface area (Å²) in [5, 5.41) is 13.0. The van der Waals surface area contributed by atoms with Gasteiger partial charge in [-0.15, -0.1) is 0 Å². The Hall–Kier alpha value is -1.97. The molecule has 2 heterocycles. The summed E-state index contributed by atoms with van der Waals surface area (Å²) in [4.78, 5) is 20.4. The normalized spacial score (nSPS) is 23.1. The van der Waals surface area contributed by atoms with E-state index in [1.165, 1.54) is 18.5 Å². The number of hydrogen-bond donors (Lipinski definition) is 2. The van der Waals surface area contributed by atoms with Crippen LogP contribution < -0.4 is 5.32 Å². The molecule has 0 saturated heterocycles. The predicted molar refractivity (Wildman–Crippen MR) is 102 cm³/mol. The van der Waals surface area contributed by atoms with E-state index in [0.717, 1.165) is 6.20 Å². The number of aliphatic hydroxyl groups is 1. The van der Waals surface area contributed by atoms with E-state index < -0.39 is 46.2 Å². The number of amides is 1. The van der Waals surface area contributed by atoms with E-state index in [-0.39, 0.29) is 36.3 Å². The topological polar surface area (TPSA) is 75.1 Å². The molecule has 0 radical (unpaired) electrons. The molecule has 2 aromatic heterocycles. The Morgan fingerprint density at radius 1 is 1.23 bits per heavy atom. The number of carbonyl (C=O) groups excluding carboxylic acids is 1. The first kappa shape index (κ1) is 22.7. The van der Waals surface area contributed by atoms with Crippen LogP contribution in [0.5, 0.6) is 0 Å². The molecule has 30 heavy (non-hydrogen) atoms. The second-order valence-corrected chi connectivity index (χ2v) is 7.89. The van der Waals surface area contributed by atoms with E-state index in [1.807, 2.05) is 0 Å². The fourth-order valence-electron chi connectivity index (χ4n) is 3.50. The number of nitrogens with zero attached hydrogens (tertiary/aromatic N) is 2. The maximum absolute atomic E-state index is 13.6. The second kappa shape index (κ2) is 8.64. The summed E-state index contributed by atoms with van der Waals surface area (Å²) in [6, 6.07) is 0.937. The lowest BCUT2D eigenvalue weighted by atomic mass is 9.76. The summed E-state index contributed by atoms with van der Waals surface area (Å²) >= 11 is 12.0. The summed E-state index contributed by atoms with van der Waals surface area (Å²) < 4.78 is 53.0. The molecule has 3 rings (SSSR count). The highest BCUT2D eigenvalue weighted by Crippen LogP contribution is 2.42.